The second-order valence-corrected chi connectivity index (χ2v) is 8.27. The van der Waals surface area contributed by atoms with Gasteiger partial charge in [0.05, 0.1) is 24.4 Å². The normalized spacial score (nSPS) is 17.4. The standard InChI is InChI=1S/C26H22N4O3S/c1-32-25(31)19-6-4-5-18(15-19)21-8-9-22(33-21)24-23(20-7-2-3-12-28-20)29-26(34)30(24)16-17-10-13-27-14-11-17/h2-15,23-24H,16H2,1H3,(H,29,34)/t23-,24-/m0/s1. The van der Waals surface area contributed by atoms with E-state index < -0.39 is 5.97 Å². The van der Waals surface area contributed by atoms with Crippen molar-refractivity contribution in [1.82, 2.24) is 20.2 Å². The maximum Gasteiger partial charge on any atom is 0.337 e. The van der Waals surface area contributed by atoms with Crippen LogP contribution in [0.2, 0.25) is 0 Å². The zero-order valence-corrected chi connectivity index (χ0v) is 19.2. The molecule has 3 aromatic heterocycles. The Hall–Kier alpha value is -4.04. The molecule has 1 aromatic carbocycles. The molecule has 1 aliphatic heterocycles. The largest absolute Gasteiger partial charge is 0.465 e. The molecular weight excluding hydrogens is 448 g/mol. The fraction of sp³-hybridized carbons (Fsp3) is 0.154. The minimum absolute atomic E-state index is 0.184. The zero-order valence-electron chi connectivity index (χ0n) is 18.4. The molecule has 0 spiro atoms. The minimum atomic E-state index is -0.391. The Morgan fingerprint density at radius 2 is 1.94 bits per heavy atom. The van der Waals surface area contributed by atoms with Crippen molar-refractivity contribution < 1.29 is 13.9 Å². The summed E-state index contributed by atoms with van der Waals surface area (Å²) >= 11 is 5.73. The van der Waals surface area contributed by atoms with E-state index in [9.17, 15) is 4.79 Å². The predicted molar refractivity (Wildman–Crippen MR) is 131 cm³/mol. The summed E-state index contributed by atoms with van der Waals surface area (Å²) < 4.78 is 11.2. The Kier molecular flexibility index (Phi) is 6.05. The molecule has 34 heavy (non-hydrogen) atoms. The van der Waals surface area contributed by atoms with Crippen molar-refractivity contribution in [3.8, 4) is 11.3 Å². The fourth-order valence-corrected chi connectivity index (χ4v) is 4.46. The van der Waals surface area contributed by atoms with Gasteiger partial charge in [0.15, 0.2) is 5.11 Å². The summed E-state index contributed by atoms with van der Waals surface area (Å²) in [6, 6.07) is 20.4. The van der Waals surface area contributed by atoms with Crippen LogP contribution in [0.4, 0.5) is 0 Å². The Morgan fingerprint density at radius 1 is 1.09 bits per heavy atom. The Balaban J connectivity index is 1.52. The third kappa shape index (κ3) is 4.27. The highest BCUT2D eigenvalue weighted by Gasteiger charge is 2.41. The fourth-order valence-electron chi connectivity index (χ4n) is 4.15. The molecule has 0 saturated carbocycles. The number of hydrogen-bond donors (Lipinski definition) is 1. The molecule has 1 fully saturated rings. The van der Waals surface area contributed by atoms with Crippen molar-refractivity contribution >= 4 is 23.3 Å². The summed E-state index contributed by atoms with van der Waals surface area (Å²) in [5, 5.41) is 4.06. The van der Waals surface area contributed by atoms with E-state index >= 15 is 0 Å². The van der Waals surface area contributed by atoms with Crippen molar-refractivity contribution in [2.24, 2.45) is 0 Å². The van der Waals surface area contributed by atoms with Gasteiger partial charge in [-0.25, -0.2) is 4.79 Å². The van der Waals surface area contributed by atoms with Crippen LogP contribution in [0.1, 0.15) is 39.5 Å². The smallest absolute Gasteiger partial charge is 0.337 e. The second kappa shape index (κ2) is 9.44. The maximum absolute atomic E-state index is 12.0. The number of pyridine rings is 2. The lowest BCUT2D eigenvalue weighted by Crippen LogP contribution is -2.29. The lowest BCUT2D eigenvalue weighted by molar-refractivity contribution is 0.0601. The van der Waals surface area contributed by atoms with Gasteiger partial charge in [0.2, 0.25) is 0 Å². The van der Waals surface area contributed by atoms with Crippen LogP contribution < -0.4 is 5.32 Å². The van der Waals surface area contributed by atoms with E-state index in [1.807, 2.05) is 54.6 Å². The first-order valence-electron chi connectivity index (χ1n) is 10.8. The predicted octanol–water partition coefficient (Wildman–Crippen LogP) is 4.70. The minimum Gasteiger partial charge on any atom is -0.465 e. The molecule has 5 rings (SSSR count). The van der Waals surface area contributed by atoms with E-state index in [1.165, 1.54) is 7.11 Å². The number of thiocarbonyl (C=S) groups is 1. The van der Waals surface area contributed by atoms with Crippen molar-refractivity contribution in [2.45, 2.75) is 18.6 Å². The van der Waals surface area contributed by atoms with Crippen molar-refractivity contribution in [3.05, 3.63) is 108 Å². The van der Waals surface area contributed by atoms with Gasteiger partial charge in [-0.3, -0.25) is 9.97 Å². The third-order valence-electron chi connectivity index (χ3n) is 5.79. The molecule has 2 atom stereocenters. The first-order chi connectivity index (χ1) is 16.6. The van der Waals surface area contributed by atoms with Gasteiger partial charge in [0.1, 0.15) is 17.6 Å². The number of ether oxygens (including phenoxy) is 1. The number of aromatic nitrogens is 2. The van der Waals surface area contributed by atoms with E-state index in [2.05, 4.69) is 20.2 Å². The summed E-state index contributed by atoms with van der Waals surface area (Å²) in [4.78, 5) is 22.8. The van der Waals surface area contributed by atoms with E-state index in [4.69, 9.17) is 21.4 Å². The van der Waals surface area contributed by atoms with Gasteiger partial charge in [0, 0.05) is 30.7 Å². The molecule has 7 nitrogen and oxygen atoms in total. The van der Waals surface area contributed by atoms with Crippen LogP contribution >= 0.6 is 12.2 Å². The van der Waals surface area contributed by atoms with Gasteiger partial charge in [0.25, 0.3) is 0 Å². The van der Waals surface area contributed by atoms with Gasteiger partial charge in [-0.15, -0.1) is 0 Å². The summed E-state index contributed by atoms with van der Waals surface area (Å²) in [6.07, 6.45) is 5.31. The van der Waals surface area contributed by atoms with E-state index in [-0.39, 0.29) is 12.1 Å². The number of esters is 1. The topological polar surface area (TPSA) is 80.5 Å². The number of methoxy groups -OCH3 is 1. The highest BCUT2D eigenvalue weighted by Crippen LogP contribution is 2.41. The molecule has 1 N–H and O–H groups in total. The first kappa shape index (κ1) is 21.8. The van der Waals surface area contributed by atoms with Crippen LogP contribution in [0.5, 0.6) is 0 Å². The first-order valence-corrected chi connectivity index (χ1v) is 11.2. The van der Waals surface area contributed by atoms with Crippen LogP contribution in [0.25, 0.3) is 11.3 Å². The number of rotatable bonds is 6. The second-order valence-electron chi connectivity index (χ2n) is 7.88. The number of carbonyl (C=O) groups is 1. The zero-order chi connectivity index (χ0) is 23.5. The number of carbonyl (C=O) groups excluding carboxylic acids is 1. The molecule has 0 unspecified atom stereocenters. The van der Waals surface area contributed by atoms with Crippen molar-refractivity contribution in [1.29, 1.82) is 0 Å². The molecule has 4 aromatic rings. The molecule has 0 aliphatic carbocycles. The molecule has 0 amide bonds. The van der Waals surface area contributed by atoms with E-state index in [0.29, 0.717) is 23.0 Å². The third-order valence-corrected chi connectivity index (χ3v) is 6.14. The van der Waals surface area contributed by atoms with Crippen LogP contribution in [-0.4, -0.2) is 33.1 Å². The number of nitrogens with one attached hydrogen (secondary N) is 1. The average molecular weight is 471 g/mol. The van der Waals surface area contributed by atoms with Gasteiger partial charge in [-0.1, -0.05) is 18.2 Å². The highest BCUT2D eigenvalue weighted by atomic mass is 32.1. The summed E-state index contributed by atoms with van der Waals surface area (Å²) in [6.45, 7) is 0.593. The van der Waals surface area contributed by atoms with Gasteiger partial charge in [-0.2, -0.15) is 0 Å². The quantitative estimate of drug-likeness (QED) is 0.321. The van der Waals surface area contributed by atoms with Crippen LogP contribution in [0.3, 0.4) is 0 Å². The highest BCUT2D eigenvalue weighted by molar-refractivity contribution is 7.80. The van der Waals surface area contributed by atoms with Gasteiger partial charge < -0.3 is 19.4 Å². The molecular formula is C26H22N4O3S. The van der Waals surface area contributed by atoms with Crippen LogP contribution in [0.15, 0.2) is 89.7 Å². The number of furan rings is 1. The number of benzene rings is 1. The van der Waals surface area contributed by atoms with Gasteiger partial charge >= 0.3 is 5.97 Å². The van der Waals surface area contributed by atoms with Crippen molar-refractivity contribution in [2.75, 3.05) is 7.11 Å². The Labute approximate surface area is 202 Å². The molecule has 1 saturated heterocycles. The SMILES string of the molecule is COC(=O)c1cccc(-c2ccc([C@H]3[C@H](c4ccccn4)NC(=S)N3Cc3ccncc3)o2)c1. The molecule has 4 heterocycles. The number of nitrogens with zero attached hydrogens (tertiary/aromatic N) is 3. The molecule has 8 heteroatoms. The summed E-state index contributed by atoms with van der Waals surface area (Å²) in [5.41, 5.74) is 3.21. The van der Waals surface area contributed by atoms with Crippen molar-refractivity contribution in [3.63, 3.8) is 0 Å². The Bertz CT molecular complexity index is 1310. The molecule has 170 valence electrons. The average Bonchev–Trinajstić information content (AvgIpc) is 3.50. The summed E-state index contributed by atoms with van der Waals surface area (Å²) in [5.74, 6) is 1.01. The maximum atomic E-state index is 12.0. The number of hydrogen-bond acceptors (Lipinski definition) is 6. The molecule has 0 bridgehead atoms. The lowest BCUT2D eigenvalue weighted by atomic mass is 10.0. The lowest BCUT2D eigenvalue weighted by Gasteiger charge is -2.26. The summed E-state index contributed by atoms with van der Waals surface area (Å²) in [7, 11) is 1.37. The van der Waals surface area contributed by atoms with E-state index in [1.54, 1.807) is 30.7 Å². The molecule has 0 radical (unpaired) electrons. The van der Waals surface area contributed by atoms with Crippen LogP contribution in [0, 0.1) is 0 Å². The monoisotopic (exact) mass is 470 g/mol. The molecule has 1 aliphatic rings. The Morgan fingerprint density at radius 3 is 2.71 bits per heavy atom. The van der Waals surface area contributed by atoms with Gasteiger partial charge in [-0.05, 0) is 66.3 Å². The van der Waals surface area contributed by atoms with E-state index in [0.717, 1.165) is 22.6 Å². The van der Waals surface area contributed by atoms with Crippen LogP contribution in [-0.2, 0) is 11.3 Å².